The highest BCUT2D eigenvalue weighted by molar-refractivity contribution is 6.07. The van der Waals surface area contributed by atoms with Gasteiger partial charge >= 0.3 is 5.97 Å². The van der Waals surface area contributed by atoms with Crippen LogP contribution in [0.25, 0.3) is 0 Å². The third-order valence-electron chi connectivity index (χ3n) is 4.42. The molecule has 0 radical (unpaired) electrons. The molecule has 24 heavy (non-hydrogen) atoms. The van der Waals surface area contributed by atoms with Gasteiger partial charge in [-0.05, 0) is 37.1 Å². The van der Waals surface area contributed by atoms with E-state index in [2.05, 4.69) is 4.98 Å². The molecule has 3 N–H and O–H groups in total. The quantitative estimate of drug-likeness (QED) is 0.830. The molecule has 0 saturated heterocycles. The number of carboxylic acid groups (broad SMARTS) is 1. The van der Waals surface area contributed by atoms with Gasteiger partial charge in [0.25, 0.3) is 0 Å². The van der Waals surface area contributed by atoms with Crippen molar-refractivity contribution < 1.29 is 9.90 Å². The number of hydrogen-bond acceptors (Lipinski definition) is 4. The predicted molar refractivity (Wildman–Crippen MR) is 94.8 cm³/mol. The largest absolute Gasteiger partial charge is 0.477 e. The Labute approximate surface area is 141 Å². The van der Waals surface area contributed by atoms with Gasteiger partial charge in [-0.1, -0.05) is 37.5 Å². The Morgan fingerprint density at radius 2 is 1.79 bits per heavy atom. The van der Waals surface area contributed by atoms with E-state index in [1.165, 1.54) is 25.3 Å². The van der Waals surface area contributed by atoms with Crippen molar-refractivity contribution in [3.63, 3.8) is 0 Å². The third kappa shape index (κ3) is 3.62. The van der Waals surface area contributed by atoms with E-state index in [0.717, 1.165) is 29.8 Å². The van der Waals surface area contributed by atoms with Gasteiger partial charge in [-0.2, -0.15) is 0 Å². The van der Waals surface area contributed by atoms with Gasteiger partial charge in [0, 0.05) is 11.5 Å². The Hall–Kier alpha value is -2.69. The molecular formula is C19H21N3O2. The molecule has 1 heterocycles. The lowest BCUT2D eigenvalue weighted by molar-refractivity contribution is 0.0690. The van der Waals surface area contributed by atoms with Gasteiger partial charge < -0.3 is 10.8 Å². The number of nitrogens with zero attached hydrogens (tertiary/aromatic N) is 2. The molecule has 0 atom stereocenters. The summed E-state index contributed by atoms with van der Waals surface area (Å²) in [5, 5.41) is 9.07. The minimum atomic E-state index is -1.08. The molecule has 1 aromatic carbocycles. The first-order chi connectivity index (χ1) is 11.6. The molecule has 5 heteroatoms. The topological polar surface area (TPSA) is 88.6 Å². The van der Waals surface area contributed by atoms with Crippen LogP contribution in [0.2, 0.25) is 0 Å². The molecule has 2 aromatic rings. The summed E-state index contributed by atoms with van der Waals surface area (Å²) >= 11 is 0. The Balaban J connectivity index is 2.04. The number of carbonyl (C=O) groups is 1. The molecule has 1 fully saturated rings. The Morgan fingerprint density at radius 3 is 2.42 bits per heavy atom. The second kappa shape index (κ2) is 7.25. The van der Waals surface area contributed by atoms with Gasteiger partial charge in [-0.3, -0.25) is 4.99 Å². The maximum absolute atomic E-state index is 11.1. The van der Waals surface area contributed by atoms with Gasteiger partial charge in [0.2, 0.25) is 0 Å². The number of aromatic carboxylic acids is 1. The fourth-order valence-electron chi connectivity index (χ4n) is 3.20. The maximum atomic E-state index is 11.1. The molecule has 3 rings (SSSR count). The summed E-state index contributed by atoms with van der Waals surface area (Å²) in [5.74, 6) is -0.513. The van der Waals surface area contributed by atoms with E-state index in [4.69, 9.17) is 15.8 Å². The monoisotopic (exact) mass is 323 g/mol. The van der Waals surface area contributed by atoms with Crippen LogP contribution in [0, 0.1) is 5.92 Å². The molecule has 0 bridgehead atoms. The number of pyridine rings is 1. The number of aliphatic imine (C=N–C) groups is 1. The summed E-state index contributed by atoms with van der Waals surface area (Å²) in [6.07, 6.45) is 5.76. The van der Waals surface area contributed by atoms with Crippen molar-refractivity contribution in [3.8, 4) is 0 Å². The first kappa shape index (κ1) is 16.2. The molecule has 1 aliphatic carbocycles. The fourth-order valence-corrected chi connectivity index (χ4v) is 3.20. The number of rotatable bonds is 4. The summed E-state index contributed by atoms with van der Waals surface area (Å²) in [5.41, 5.74) is 8.56. The lowest BCUT2D eigenvalue weighted by Gasteiger charge is -2.24. The first-order valence-electron chi connectivity index (χ1n) is 8.29. The minimum absolute atomic E-state index is 0.0426. The van der Waals surface area contributed by atoms with Crippen LogP contribution in [-0.4, -0.2) is 21.8 Å². The Bertz CT molecular complexity index is 750. The van der Waals surface area contributed by atoms with Crippen molar-refractivity contribution in [2.75, 3.05) is 5.73 Å². The molecule has 124 valence electrons. The predicted octanol–water partition coefficient (Wildman–Crippen LogP) is 4.06. The molecule has 1 aromatic heterocycles. The van der Waals surface area contributed by atoms with Gasteiger partial charge in [0.15, 0.2) is 5.69 Å². The van der Waals surface area contributed by atoms with Crippen LogP contribution < -0.4 is 5.73 Å². The number of aromatic nitrogens is 1. The summed E-state index contributed by atoms with van der Waals surface area (Å²) < 4.78 is 0. The lowest BCUT2D eigenvalue weighted by Crippen LogP contribution is -2.21. The molecule has 1 saturated carbocycles. The summed E-state index contributed by atoms with van der Waals surface area (Å²) in [4.78, 5) is 19.9. The van der Waals surface area contributed by atoms with Gasteiger partial charge in [-0.25, -0.2) is 9.78 Å². The third-order valence-corrected chi connectivity index (χ3v) is 4.42. The van der Waals surface area contributed by atoms with Gasteiger partial charge in [0.1, 0.15) is 5.82 Å². The summed E-state index contributed by atoms with van der Waals surface area (Å²) in [6, 6.07) is 13.0. The highest BCUT2D eigenvalue weighted by Gasteiger charge is 2.23. The molecule has 0 unspecified atom stereocenters. The Morgan fingerprint density at radius 1 is 1.08 bits per heavy atom. The molecule has 0 spiro atoms. The molecule has 5 nitrogen and oxygen atoms in total. The molecular weight excluding hydrogens is 302 g/mol. The van der Waals surface area contributed by atoms with Gasteiger partial charge in [0.05, 0.1) is 11.4 Å². The van der Waals surface area contributed by atoms with E-state index in [1.807, 2.05) is 30.3 Å². The highest BCUT2D eigenvalue weighted by Crippen LogP contribution is 2.30. The van der Waals surface area contributed by atoms with Crippen molar-refractivity contribution in [1.82, 2.24) is 4.98 Å². The van der Waals surface area contributed by atoms with E-state index in [-0.39, 0.29) is 11.5 Å². The smallest absolute Gasteiger partial charge is 0.354 e. The zero-order valence-corrected chi connectivity index (χ0v) is 13.5. The number of para-hydroxylation sites is 1. The lowest BCUT2D eigenvalue weighted by atomic mass is 9.83. The van der Waals surface area contributed by atoms with Crippen LogP contribution in [0.4, 0.5) is 11.5 Å². The van der Waals surface area contributed by atoms with Crippen molar-refractivity contribution in [2.24, 2.45) is 10.9 Å². The van der Waals surface area contributed by atoms with Crippen LogP contribution in [0.1, 0.15) is 48.2 Å². The summed E-state index contributed by atoms with van der Waals surface area (Å²) in [6.45, 7) is 0. The van der Waals surface area contributed by atoms with Crippen LogP contribution in [0.3, 0.4) is 0 Å². The second-order valence-corrected chi connectivity index (χ2v) is 6.10. The number of nitrogen functional groups attached to an aromatic ring is 1. The fraction of sp³-hybridized carbons (Fsp3) is 0.316. The molecule has 0 amide bonds. The number of benzene rings is 1. The van der Waals surface area contributed by atoms with E-state index >= 15 is 0 Å². The average Bonchev–Trinajstić information content (AvgIpc) is 2.61. The summed E-state index contributed by atoms with van der Waals surface area (Å²) in [7, 11) is 0. The van der Waals surface area contributed by atoms with Crippen molar-refractivity contribution in [2.45, 2.75) is 32.1 Å². The van der Waals surface area contributed by atoms with Crippen molar-refractivity contribution in [1.29, 1.82) is 0 Å². The second-order valence-electron chi connectivity index (χ2n) is 6.10. The van der Waals surface area contributed by atoms with E-state index in [9.17, 15) is 4.79 Å². The van der Waals surface area contributed by atoms with Gasteiger partial charge in [-0.15, -0.1) is 0 Å². The van der Waals surface area contributed by atoms with E-state index in [0.29, 0.717) is 5.92 Å². The SMILES string of the molecule is Nc1nc(C(=O)O)ccc1C(=Nc1ccccc1)C1CCCCC1. The maximum Gasteiger partial charge on any atom is 0.354 e. The number of hydrogen-bond donors (Lipinski definition) is 2. The van der Waals surface area contributed by atoms with Crippen LogP contribution in [0.15, 0.2) is 47.5 Å². The first-order valence-corrected chi connectivity index (χ1v) is 8.29. The van der Waals surface area contributed by atoms with Crippen molar-refractivity contribution >= 4 is 23.2 Å². The normalized spacial score (nSPS) is 16.1. The van der Waals surface area contributed by atoms with Crippen molar-refractivity contribution in [3.05, 3.63) is 53.7 Å². The number of anilines is 1. The Kier molecular flexibility index (Phi) is 4.89. The zero-order valence-electron chi connectivity index (χ0n) is 13.5. The van der Waals surface area contributed by atoms with Crippen LogP contribution >= 0.6 is 0 Å². The average molecular weight is 323 g/mol. The zero-order chi connectivity index (χ0) is 16.9. The number of nitrogens with two attached hydrogens (primary N) is 1. The minimum Gasteiger partial charge on any atom is -0.477 e. The highest BCUT2D eigenvalue weighted by atomic mass is 16.4. The molecule has 0 aliphatic heterocycles. The van der Waals surface area contributed by atoms with Crippen LogP contribution in [0.5, 0.6) is 0 Å². The molecule has 1 aliphatic rings. The standard InChI is InChI=1S/C19H21N3O2/c20-18-15(11-12-16(22-18)19(23)24)17(13-7-3-1-4-8-13)21-14-9-5-2-6-10-14/h2,5-6,9-13H,1,3-4,7-8H2,(H2,20,22)(H,23,24). The van der Waals surface area contributed by atoms with E-state index < -0.39 is 5.97 Å². The van der Waals surface area contributed by atoms with E-state index in [1.54, 1.807) is 6.07 Å². The van der Waals surface area contributed by atoms with Crippen LogP contribution in [-0.2, 0) is 0 Å². The number of carboxylic acids is 1.